The molecule has 1 N–H and O–H groups in total. The zero-order valence-corrected chi connectivity index (χ0v) is 17.7. The van der Waals surface area contributed by atoms with Gasteiger partial charge in [0.25, 0.3) is 0 Å². The number of fused-ring (bicyclic) bond motifs is 1. The van der Waals surface area contributed by atoms with Gasteiger partial charge in [-0.05, 0) is 67.9 Å². The molecule has 0 fully saturated rings. The summed E-state index contributed by atoms with van der Waals surface area (Å²) in [6.07, 6.45) is 1.54. The maximum absolute atomic E-state index is 14.4. The largest absolute Gasteiger partial charge is 0.491 e. The molecule has 3 nitrogen and oxygen atoms in total. The Hall–Kier alpha value is -0.913. The second-order valence-corrected chi connectivity index (χ2v) is 14.3. The first-order chi connectivity index (χ1) is 11.3. The number of halogens is 1. The highest BCUT2D eigenvalue weighted by molar-refractivity contribution is 6.74. The third-order valence-electron chi connectivity index (χ3n) is 5.34. The van der Waals surface area contributed by atoms with Crippen molar-refractivity contribution in [2.75, 3.05) is 13.2 Å². The van der Waals surface area contributed by atoms with Crippen molar-refractivity contribution < 1.29 is 18.7 Å². The first kappa shape index (κ1) is 20.4. The van der Waals surface area contributed by atoms with E-state index in [-0.39, 0.29) is 17.5 Å². The van der Waals surface area contributed by atoms with Crippen molar-refractivity contribution in [3.8, 4) is 5.75 Å². The zero-order chi connectivity index (χ0) is 19.0. The monoisotopic (exact) mass is 368 g/mol. The maximum atomic E-state index is 14.4. The van der Waals surface area contributed by atoms with Crippen molar-refractivity contribution in [3.63, 3.8) is 0 Å². The molecule has 1 atom stereocenters. The van der Waals surface area contributed by atoms with E-state index in [0.717, 1.165) is 24.0 Å². The van der Waals surface area contributed by atoms with Crippen LogP contribution < -0.4 is 4.74 Å². The van der Waals surface area contributed by atoms with E-state index in [1.165, 1.54) is 6.07 Å². The molecule has 0 spiro atoms. The van der Waals surface area contributed by atoms with E-state index in [1.807, 2.05) is 6.07 Å². The predicted octanol–water partition coefficient (Wildman–Crippen LogP) is 4.71. The van der Waals surface area contributed by atoms with Gasteiger partial charge >= 0.3 is 0 Å². The predicted molar refractivity (Wildman–Crippen MR) is 102 cm³/mol. The van der Waals surface area contributed by atoms with E-state index in [9.17, 15) is 9.50 Å². The fourth-order valence-corrected chi connectivity index (χ4v) is 3.84. The number of hydrogen-bond acceptors (Lipinski definition) is 3. The minimum atomic E-state index is -1.78. The Morgan fingerprint density at radius 3 is 2.36 bits per heavy atom. The summed E-state index contributed by atoms with van der Waals surface area (Å²) < 4.78 is 26.3. The zero-order valence-electron chi connectivity index (χ0n) is 16.7. The van der Waals surface area contributed by atoms with Crippen LogP contribution in [0.1, 0.15) is 45.7 Å². The van der Waals surface area contributed by atoms with E-state index in [4.69, 9.17) is 9.16 Å². The highest BCUT2D eigenvalue weighted by atomic mass is 28.4. The van der Waals surface area contributed by atoms with Crippen molar-refractivity contribution in [1.82, 2.24) is 0 Å². The molecule has 0 saturated carbocycles. The summed E-state index contributed by atoms with van der Waals surface area (Å²) in [6.45, 7) is 15.4. The van der Waals surface area contributed by atoms with Gasteiger partial charge in [-0.3, -0.25) is 0 Å². The van der Waals surface area contributed by atoms with E-state index in [1.54, 1.807) is 13.8 Å². The Bertz CT molecular complexity index is 615. The molecule has 0 amide bonds. The quantitative estimate of drug-likeness (QED) is 0.739. The molecule has 1 aromatic carbocycles. The first-order valence-electron chi connectivity index (χ1n) is 9.09. The molecule has 0 radical (unpaired) electrons. The average molecular weight is 369 g/mol. The molecule has 25 heavy (non-hydrogen) atoms. The average Bonchev–Trinajstić information content (AvgIpc) is 2.85. The van der Waals surface area contributed by atoms with Crippen molar-refractivity contribution >= 4 is 8.32 Å². The lowest BCUT2D eigenvalue weighted by atomic mass is 10.1. The summed E-state index contributed by atoms with van der Waals surface area (Å²) in [5, 5.41) is 9.95. The standard InChI is InChI=1S/C20H33FO3Si/c1-19(2,3)25(6,7)24-12-14-8-15-10-16(23-13-20(4,5)22)11-18(21)17(15)9-14/h10-11,14,22H,8-9,12-13H2,1-7H3. The molecule has 1 aliphatic rings. The van der Waals surface area contributed by atoms with Crippen molar-refractivity contribution in [3.05, 3.63) is 29.1 Å². The van der Waals surface area contributed by atoms with Crippen LogP contribution in [-0.2, 0) is 17.3 Å². The van der Waals surface area contributed by atoms with Gasteiger partial charge in [0.05, 0.1) is 5.60 Å². The van der Waals surface area contributed by atoms with Gasteiger partial charge in [-0.2, -0.15) is 0 Å². The van der Waals surface area contributed by atoms with E-state index in [2.05, 4.69) is 33.9 Å². The molecule has 142 valence electrons. The summed E-state index contributed by atoms with van der Waals surface area (Å²) in [5.41, 5.74) is 0.865. The van der Waals surface area contributed by atoms with Gasteiger partial charge in [-0.1, -0.05) is 20.8 Å². The molecule has 5 heteroatoms. The minimum absolute atomic E-state index is 0.142. The van der Waals surface area contributed by atoms with Crippen molar-refractivity contribution in [1.29, 1.82) is 0 Å². The highest BCUT2D eigenvalue weighted by Crippen LogP contribution is 2.38. The lowest BCUT2D eigenvalue weighted by Gasteiger charge is -2.37. The molecular formula is C20H33FO3Si. The van der Waals surface area contributed by atoms with E-state index in [0.29, 0.717) is 18.3 Å². The van der Waals surface area contributed by atoms with Gasteiger partial charge in [0.1, 0.15) is 18.2 Å². The molecule has 0 heterocycles. The molecule has 0 aromatic heterocycles. The Kier molecular flexibility index (Phi) is 5.72. The molecule has 0 saturated heterocycles. The molecule has 0 aliphatic heterocycles. The highest BCUT2D eigenvalue weighted by Gasteiger charge is 2.38. The molecule has 1 aromatic rings. The van der Waals surface area contributed by atoms with Crippen LogP contribution in [0.15, 0.2) is 12.1 Å². The van der Waals surface area contributed by atoms with Gasteiger partial charge in [0.15, 0.2) is 8.32 Å². The van der Waals surface area contributed by atoms with Gasteiger partial charge in [-0.15, -0.1) is 0 Å². The lowest BCUT2D eigenvalue weighted by Crippen LogP contribution is -2.42. The van der Waals surface area contributed by atoms with Gasteiger partial charge in [0, 0.05) is 12.7 Å². The molecule has 2 rings (SSSR count). The normalized spacial score (nSPS) is 18.4. The molecule has 0 bridgehead atoms. The smallest absolute Gasteiger partial charge is 0.191 e. The van der Waals surface area contributed by atoms with Crippen LogP contribution in [0, 0.1) is 11.7 Å². The second-order valence-electron chi connectivity index (χ2n) is 9.49. The van der Waals surface area contributed by atoms with Crippen LogP contribution >= 0.6 is 0 Å². The number of aliphatic hydroxyl groups is 1. The Labute approximate surface area is 152 Å². The Balaban J connectivity index is 2.01. The Morgan fingerprint density at radius 2 is 1.80 bits per heavy atom. The van der Waals surface area contributed by atoms with Crippen molar-refractivity contribution in [2.24, 2.45) is 5.92 Å². The van der Waals surface area contributed by atoms with Crippen LogP contribution in [0.4, 0.5) is 4.39 Å². The number of benzene rings is 1. The van der Waals surface area contributed by atoms with Crippen LogP contribution in [0.5, 0.6) is 5.75 Å². The number of rotatable bonds is 6. The number of hydrogen-bond donors (Lipinski definition) is 1. The van der Waals surface area contributed by atoms with Crippen LogP contribution in [0.2, 0.25) is 18.1 Å². The second kappa shape index (κ2) is 7.01. The fraction of sp³-hybridized carbons (Fsp3) is 0.700. The van der Waals surface area contributed by atoms with Crippen molar-refractivity contribution in [2.45, 2.75) is 71.2 Å². The topological polar surface area (TPSA) is 38.7 Å². The van der Waals surface area contributed by atoms with Crippen LogP contribution in [-0.4, -0.2) is 32.2 Å². The van der Waals surface area contributed by atoms with E-state index >= 15 is 0 Å². The lowest BCUT2D eigenvalue weighted by molar-refractivity contribution is 0.0283. The van der Waals surface area contributed by atoms with Gasteiger partial charge in [0.2, 0.25) is 0 Å². The fourth-order valence-electron chi connectivity index (χ4n) is 2.75. The first-order valence-corrected chi connectivity index (χ1v) is 12.0. The Morgan fingerprint density at radius 1 is 1.16 bits per heavy atom. The van der Waals surface area contributed by atoms with Crippen LogP contribution in [0.25, 0.3) is 0 Å². The summed E-state index contributed by atoms with van der Waals surface area (Å²) >= 11 is 0. The molecule has 1 aliphatic carbocycles. The third-order valence-corrected chi connectivity index (χ3v) is 9.84. The molecule has 1 unspecified atom stereocenters. The summed E-state index contributed by atoms with van der Waals surface area (Å²) in [5.74, 6) is 0.602. The summed E-state index contributed by atoms with van der Waals surface area (Å²) in [4.78, 5) is 0. The SMILES string of the molecule is CC(C)(O)COc1cc(F)c2c(c1)CC(CO[Si](C)(C)C(C)(C)C)C2. The van der Waals surface area contributed by atoms with Gasteiger partial charge in [-0.25, -0.2) is 4.39 Å². The van der Waals surface area contributed by atoms with Gasteiger partial charge < -0.3 is 14.3 Å². The van der Waals surface area contributed by atoms with E-state index < -0.39 is 13.9 Å². The maximum Gasteiger partial charge on any atom is 0.191 e. The molecular weight excluding hydrogens is 335 g/mol. The third kappa shape index (κ3) is 5.28. The summed E-state index contributed by atoms with van der Waals surface area (Å²) in [6, 6.07) is 3.35. The van der Waals surface area contributed by atoms with Crippen LogP contribution in [0.3, 0.4) is 0 Å². The summed E-state index contributed by atoms with van der Waals surface area (Å²) in [7, 11) is -1.78. The minimum Gasteiger partial charge on any atom is -0.491 e. The number of ether oxygens (including phenoxy) is 1.